The van der Waals surface area contributed by atoms with Gasteiger partial charge in [-0.3, -0.25) is 10.1 Å². The van der Waals surface area contributed by atoms with Gasteiger partial charge in [0, 0.05) is 31.8 Å². The second kappa shape index (κ2) is 8.44. The third-order valence-corrected chi connectivity index (χ3v) is 2.48. The minimum atomic E-state index is -0.430. The molecule has 0 bridgehead atoms. The Labute approximate surface area is 112 Å². The van der Waals surface area contributed by atoms with Gasteiger partial charge < -0.3 is 14.8 Å². The molecule has 1 unspecified atom stereocenters. The van der Waals surface area contributed by atoms with Crippen molar-refractivity contribution in [1.82, 2.24) is 5.32 Å². The first-order valence-electron chi connectivity index (χ1n) is 6.33. The zero-order valence-electron chi connectivity index (χ0n) is 11.3. The van der Waals surface area contributed by atoms with E-state index in [1.54, 1.807) is 12.1 Å². The lowest BCUT2D eigenvalue weighted by Crippen LogP contribution is -2.30. The lowest BCUT2D eigenvalue weighted by molar-refractivity contribution is -0.384. The molecule has 6 heteroatoms. The van der Waals surface area contributed by atoms with Crippen LogP contribution >= 0.6 is 0 Å². The van der Waals surface area contributed by atoms with Gasteiger partial charge in [0.2, 0.25) is 0 Å². The molecule has 1 N–H and O–H groups in total. The summed E-state index contributed by atoms with van der Waals surface area (Å²) < 4.78 is 10.8. The highest BCUT2D eigenvalue weighted by Crippen LogP contribution is 2.16. The molecule has 0 radical (unpaired) electrons. The van der Waals surface area contributed by atoms with Crippen molar-refractivity contribution in [3.63, 3.8) is 0 Å². The maximum atomic E-state index is 10.5. The fourth-order valence-corrected chi connectivity index (χ4v) is 1.55. The largest absolute Gasteiger partial charge is 0.492 e. The van der Waals surface area contributed by atoms with Crippen molar-refractivity contribution >= 4 is 5.69 Å². The average Bonchev–Trinajstić information content (AvgIpc) is 2.39. The molecule has 106 valence electrons. The van der Waals surface area contributed by atoms with Crippen LogP contribution in [0.2, 0.25) is 0 Å². The van der Waals surface area contributed by atoms with Crippen LogP contribution in [0.1, 0.15) is 13.8 Å². The average molecular weight is 268 g/mol. The molecule has 0 spiro atoms. The maximum absolute atomic E-state index is 10.5. The van der Waals surface area contributed by atoms with Gasteiger partial charge in [-0.2, -0.15) is 0 Å². The number of rotatable bonds is 9. The third-order valence-electron chi connectivity index (χ3n) is 2.48. The SMILES string of the molecule is CCOC(C)CNCCOc1ccc([N+](=O)[O-])cc1. The molecule has 1 aromatic rings. The Hall–Kier alpha value is -1.66. The summed E-state index contributed by atoms with van der Waals surface area (Å²) in [5, 5.41) is 13.7. The Balaban J connectivity index is 2.17. The number of non-ortho nitro benzene ring substituents is 1. The van der Waals surface area contributed by atoms with E-state index in [0.29, 0.717) is 25.5 Å². The number of nitro benzene ring substituents is 1. The van der Waals surface area contributed by atoms with Crippen molar-refractivity contribution in [2.24, 2.45) is 0 Å². The van der Waals surface area contributed by atoms with Crippen LogP contribution in [0.3, 0.4) is 0 Å². The summed E-state index contributed by atoms with van der Waals surface area (Å²) >= 11 is 0. The van der Waals surface area contributed by atoms with Gasteiger partial charge in [-0.05, 0) is 26.0 Å². The highest BCUT2D eigenvalue weighted by molar-refractivity contribution is 5.35. The van der Waals surface area contributed by atoms with E-state index in [1.165, 1.54) is 12.1 Å². The molecule has 0 aliphatic carbocycles. The van der Waals surface area contributed by atoms with E-state index in [-0.39, 0.29) is 11.8 Å². The van der Waals surface area contributed by atoms with Crippen LogP contribution in [0.4, 0.5) is 5.69 Å². The van der Waals surface area contributed by atoms with E-state index in [2.05, 4.69) is 5.32 Å². The highest BCUT2D eigenvalue weighted by Gasteiger charge is 2.04. The van der Waals surface area contributed by atoms with E-state index in [0.717, 1.165) is 6.54 Å². The predicted molar refractivity (Wildman–Crippen MR) is 72.5 cm³/mol. The first-order chi connectivity index (χ1) is 9.13. The van der Waals surface area contributed by atoms with Crippen molar-refractivity contribution in [3.05, 3.63) is 34.4 Å². The molecular weight excluding hydrogens is 248 g/mol. The molecule has 1 aromatic carbocycles. The first-order valence-corrected chi connectivity index (χ1v) is 6.33. The third kappa shape index (κ3) is 6.17. The summed E-state index contributed by atoms with van der Waals surface area (Å²) in [6.45, 7) is 6.67. The lowest BCUT2D eigenvalue weighted by atomic mass is 10.3. The molecule has 1 atom stereocenters. The van der Waals surface area contributed by atoms with Gasteiger partial charge in [-0.15, -0.1) is 0 Å². The molecule has 1 rings (SSSR count). The van der Waals surface area contributed by atoms with Gasteiger partial charge in [0.05, 0.1) is 11.0 Å². The summed E-state index contributed by atoms with van der Waals surface area (Å²) in [6.07, 6.45) is 0.185. The number of nitrogens with zero attached hydrogens (tertiary/aromatic N) is 1. The summed E-state index contributed by atoms with van der Waals surface area (Å²) in [6, 6.07) is 6.06. The predicted octanol–water partition coefficient (Wildman–Crippen LogP) is 1.99. The normalized spacial score (nSPS) is 12.1. The van der Waals surface area contributed by atoms with Crippen LogP contribution in [-0.4, -0.2) is 37.3 Å². The lowest BCUT2D eigenvalue weighted by Gasteiger charge is -2.12. The molecule has 0 fully saturated rings. The van der Waals surface area contributed by atoms with Gasteiger partial charge in [0.25, 0.3) is 5.69 Å². The molecule has 0 heterocycles. The highest BCUT2D eigenvalue weighted by atomic mass is 16.6. The number of benzene rings is 1. The van der Waals surface area contributed by atoms with Crippen LogP contribution in [-0.2, 0) is 4.74 Å². The quantitative estimate of drug-likeness (QED) is 0.421. The van der Waals surface area contributed by atoms with Crippen LogP contribution in [0.5, 0.6) is 5.75 Å². The molecule has 0 aliphatic rings. The van der Waals surface area contributed by atoms with E-state index in [9.17, 15) is 10.1 Å². The molecule has 0 aliphatic heterocycles. The first kappa shape index (κ1) is 15.4. The second-order valence-corrected chi connectivity index (χ2v) is 4.07. The Bertz CT molecular complexity index is 381. The van der Waals surface area contributed by atoms with Gasteiger partial charge in [-0.1, -0.05) is 0 Å². The summed E-state index contributed by atoms with van der Waals surface area (Å²) in [4.78, 5) is 10.0. The van der Waals surface area contributed by atoms with Crippen LogP contribution in [0, 0.1) is 10.1 Å². The molecule has 6 nitrogen and oxygen atoms in total. The van der Waals surface area contributed by atoms with Crippen molar-refractivity contribution in [2.75, 3.05) is 26.3 Å². The number of nitro groups is 1. The summed E-state index contributed by atoms with van der Waals surface area (Å²) in [5.74, 6) is 0.630. The van der Waals surface area contributed by atoms with E-state index in [4.69, 9.17) is 9.47 Å². The second-order valence-electron chi connectivity index (χ2n) is 4.07. The molecule has 0 saturated heterocycles. The van der Waals surface area contributed by atoms with Gasteiger partial charge in [0.1, 0.15) is 12.4 Å². The zero-order chi connectivity index (χ0) is 14.1. The van der Waals surface area contributed by atoms with Gasteiger partial charge >= 0.3 is 0 Å². The number of nitrogens with one attached hydrogen (secondary N) is 1. The molecule has 0 saturated carbocycles. The molecule has 0 amide bonds. The van der Waals surface area contributed by atoms with Crippen molar-refractivity contribution in [2.45, 2.75) is 20.0 Å². The summed E-state index contributed by atoms with van der Waals surface area (Å²) in [5.41, 5.74) is 0.0658. The Kier molecular flexibility index (Phi) is 6.84. The fraction of sp³-hybridized carbons (Fsp3) is 0.538. The number of hydrogen-bond acceptors (Lipinski definition) is 5. The summed E-state index contributed by atoms with van der Waals surface area (Å²) in [7, 11) is 0. The smallest absolute Gasteiger partial charge is 0.269 e. The van der Waals surface area contributed by atoms with Crippen molar-refractivity contribution in [1.29, 1.82) is 0 Å². The fourth-order valence-electron chi connectivity index (χ4n) is 1.55. The van der Waals surface area contributed by atoms with Crippen molar-refractivity contribution < 1.29 is 14.4 Å². The van der Waals surface area contributed by atoms with E-state index < -0.39 is 4.92 Å². The van der Waals surface area contributed by atoms with Crippen LogP contribution in [0.15, 0.2) is 24.3 Å². The van der Waals surface area contributed by atoms with E-state index >= 15 is 0 Å². The standard InChI is InChI=1S/C13H20N2O4/c1-3-18-11(2)10-14-8-9-19-13-6-4-12(5-7-13)15(16)17/h4-7,11,14H,3,8-10H2,1-2H3. The van der Waals surface area contributed by atoms with Gasteiger partial charge in [-0.25, -0.2) is 0 Å². The molecular formula is C13H20N2O4. The molecule has 0 aromatic heterocycles. The monoisotopic (exact) mass is 268 g/mol. The Morgan fingerprint density at radius 3 is 2.63 bits per heavy atom. The number of ether oxygens (including phenoxy) is 2. The van der Waals surface area contributed by atoms with Gasteiger partial charge in [0.15, 0.2) is 0 Å². The van der Waals surface area contributed by atoms with Crippen LogP contribution in [0.25, 0.3) is 0 Å². The minimum absolute atomic E-state index is 0.0658. The maximum Gasteiger partial charge on any atom is 0.269 e. The van der Waals surface area contributed by atoms with Crippen LogP contribution < -0.4 is 10.1 Å². The minimum Gasteiger partial charge on any atom is -0.492 e. The Morgan fingerprint density at radius 1 is 1.37 bits per heavy atom. The number of hydrogen-bond donors (Lipinski definition) is 1. The molecule has 19 heavy (non-hydrogen) atoms. The van der Waals surface area contributed by atoms with E-state index in [1.807, 2.05) is 13.8 Å². The topological polar surface area (TPSA) is 73.6 Å². The van der Waals surface area contributed by atoms with Crippen molar-refractivity contribution in [3.8, 4) is 5.75 Å². The Morgan fingerprint density at radius 2 is 2.05 bits per heavy atom. The zero-order valence-corrected chi connectivity index (χ0v) is 11.3.